The molecule has 0 aromatic rings. The molecule has 70 valence electrons. The molecule has 0 bridgehead atoms. The third-order valence-electron chi connectivity index (χ3n) is 1.01. The highest BCUT2D eigenvalue weighted by atomic mass is 16.4. The van der Waals surface area contributed by atoms with Crippen molar-refractivity contribution in [2.24, 2.45) is 0 Å². The molecule has 0 rings (SSSR count). The summed E-state index contributed by atoms with van der Waals surface area (Å²) in [4.78, 5) is 20.9. The fraction of sp³-hybridized carbons (Fsp3) is 0.714. The molecule has 0 aromatic carbocycles. The second-order valence-corrected chi connectivity index (χ2v) is 2.72. The minimum absolute atomic E-state index is 0.0461. The number of carbonyl (C=O) groups excluding carboxylic acids is 1. The SMILES string of the molecule is CC(C)NC(=O)CNCC(=O)O. The zero-order chi connectivity index (χ0) is 9.56. The topological polar surface area (TPSA) is 78.4 Å². The van der Waals surface area contributed by atoms with E-state index >= 15 is 0 Å². The van der Waals surface area contributed by atoms with Gasteiger partial charge in [0.2, 0.25) is 5.91 Å². The van der Waals surface area contributed by atoms with Gasteiger partial charge in [-0.05, 0) is 13.8 Å². The summed E-state index contributed by atoms with van der Waals surface area (Å²) in [5.74, 6) is -1.15. The van der Waals surface area contributed by atoms with Gasteiger partial charge in [0.25, 0.3) is 0 Å². The monoisotopic (exact) mass is 174 g/mol. The van der Waals surface area contributed by atoms with E-state index in [2.05, 4.69) is 10.6 Å². The van der Waals surface area contributed by atoms with Crippen molar-refractivity contribution in [3.63, 3.8) is 0 Å². The highest BCUT2D eigenvalue weighted by Crippen LogP contribution is 1.75. The Morgan fingerprint density at radius 2 is 1.92 bits per heavy atom. The van der Waals surface area contributed by atoms with Crippen LogP contribution in [0.15, 0.2) is 0 Å². The Morgan fingerprint density at radius 3 is 2.33 bits per heavy atom. The number of hydrogen-bond acceptors (Lipinski definition) is 3. The first-order valence-corrected chi connectivity index (χ1v) is 3.74. The molecule has 0 fully saturated rings. The average molecular weight is 174 g/mol. The second-order valence-electron chi connectivity index (χ2n) is 2.72. The lowest BCUT2D eigenvalue weighted by Crippen LogP contribution is -2.39. The molecule has 0 saturated heterocycles. The van der Waals surface area contributed by atoms with Gasteiger partial charge in [-0.1, -0.05) is 0 Å². The first kappa shape index (κ1) is 10.9. The van der Waals surface area contributed by atoms with E-state index < -0.39 is 5.97 Å². The van der Waals surface area contributed by atoms with E-state index in [1.165, 1.54) is 0 Å². The molecule has 0 unspecified atom stereocenters. The summed E-state index contributed by atoms with van der Waals surface area (Å²) in [6.45, 7) is 3.54. The first-order chi connectivity index (χ1) is 5.52. The summed E-state index contributed by atoms with van der Waals surface area (Å²) in [7, 11) is 0. The van der Waals surface area contributed by atoms with Crippen LogP contribution in [0.25, 0.3) is 0 Å². The Hall–Kier alpha value is -1.10. The van der Waals surface area contributed by atoms with Crippen LogP contribution in [0.5, 0.6) is 0 Å². The number of carbonyl (C=O) groups is 2. The van der Waals surface area contributed by atoms with Crippen LogP contribution in [0.3, 0.4) is 0 Å². The van der Waals surface area contributed by atoms with Crippen molar-refractivity contribution in [1.82, 2.24) is 10.6 Å². The Labute approximate surface area is 71.1 Å². The third kappa shape index (κ3) is 7.01. The zero-order valence-electron chi connectivity index (χ0n) is 7.26. The predicted molar refractivity (Wildman–Crippen MR) is 43.8 cm³/mol. The summed E-state index contributed by atoms with van der Waals surface area (Å²) in [5, 5.41) is 13.3. The van der Waals surface area contributed by atoms with Gasteiger partial charge in [0.15, 0.2) is 0 Å². The maximum atomic E-state index is 10.9. The highest BCUT2D eigenvalue weighted by Gasteiger charge is 2.02. The quantitative estimate of drug-likeness (QED) is 0.509. The van der Waals surface area contributed by atoms with E-state index in [1.54, 1.807) is 0 Å². The largest absolute Gasteiger partial charge is 0.480 e. The third-order valence-corrected chi connectivity index (χ3v) is 1.01. The van der Waals surface area contributed by atoms with Crippen LogP contribution in [0.1, 0.15) is 13.8 Å². The van der Waals surface area contributed by atoms with Crippen LogP contribution < -0.4 is 10.6 Å². The van der Waals surface area contributed by atoms with Crippen LogP contribution in [0.4, 0.5) is 0 Å². The number of nitrogens with one attached hydrogen (secondary N) is 2. The van der Waals surface area contributed by atoms with Crippen molar-refractivity contribution in [3.8, 4) is 0 Å². The van der Waals surface area contributed by atoms with Crippen LogP contribution >= 0.6 is 0 Å². The number of carboxylic acids is 1. The smallest absolute Gasteiger partial charge is 0.317 e. The van der Waals surface area contributed by atoms with E-state index in [0.717, 1.165) is 0 Å². The highest BCUT2D eigenvalue weighted by molar-refractivity contribution is 5.79. The number of rotatable bonds is 5. The standard InChI is InChI=1S/C7H14N2O3/c1-5(2)9-6(10)3-8-4-7(11)12/h5,8H,3-4H2,1-2H3,(H,9,10)(H,11,12). The molecule has 0 aliphatic rings. The Bertz CT molecular complexity index is 168. The fourth-order valence-corrected chi connectivity index (χ4v) is 0.656. The van der Waals surface area contributed by atoms with Gasteiger partial charge in [0, 0.05) is 6.04 Å². The van der Waals surface area contributed by atoms with Crippen molar-refractivity contribution in [2.75, 3.05) is 13.1 Å². The maximum absolute atomic E-state index is 10.9. The van der Waals surface area contributed by atoms with E-state index in [4.69, 9.17) is 5.11 Å². The minimum atomic E-state index is -0.965. The van der Waals surface area contributed by atoms with Gasteiger partial charge in [-0.3, -0.25) is 14.9 Å². The van der Waals surface area contributed by atoms with Gasteiger partial charge in [-0.15, -0.1) is 0 Å². The van der Waals surface area contributed by atoms with E-state index in [1.807, 2.05) is 13.8 Å². The lowest BCUT2D eigenvalue weighted by atomic mass is 10.4. The normalized spacial score (nSPS) is 9.92. The number of amides is 1. The number of carboxylic acid groups (broad SMARTS) is 1. The molecule has 0 saturated carbocycles. The van der Waals surface area contributed by atoms with Crippen LogP contribution in [-0.2, 0) is 9.59 Å². The molecule has 3 N–H and O–H groups in total. The minimum Gasteiger partial charge on any atom is -0.480 e. The van der Waals surface area contributed by atoms with Crippen LogP contribution in [0.2, 0.25) is 0 Å². The summed E-state index contributed by atoms with van der Waals surface area (Å²) in [6.07, 6.45) is 0. The molecule has 0 radical (unpaired) electrons. The van der Waals surface area contributed by atoms with E-state index in [9.17, 15) is 9.59 Å². The van der Waals surface area contributed by atoms with Gasteiger partial charge in [0.05, 0.1) is 13.1 Å². The molecule has 0 aliphatic heterocycles. The van der Waals surface area contributed by atoms with Crippen molar-refractivity contribution in [2.45, 2.75) is 19.9 Å². The molecule has 0 spiro atoms. The fourth-order valence-electron chi connectivity index (χ4n) is 0.656. The number of aliphatic carboxylic acids is 1. The summed E-state index contributed by atoms with van der Waals surface area (Å²) in [6, 6.07) is 0.0872. The van der Waals surface area contributed by atoms with Crippen molar-refractivity contribution >= 4 is 11.9 Å². The van der Waals surface area contributed by atoms with Crippen molar-refractivity contribution < 1.29 is 14.7 Å². The lowest BCUT2D eigenvalue weighted by Gasteiger charge is -2.07. The van der Waals surface area contributed by atoms with E-state index in [0.29, 0.717) is 0 Å². The summed E-state index contributed by atoms with van der Waals surface area (Å²) >= 11 is 0. The zero-order valence-corrected chi connectivity index (χ0v) is 7.26. The molecule has 1 amide bonds. The van der Waals surface area contributed by atoms with Crippen LogP contribution in [0, 0.1) is 0 Å². The molecule has 12 heavy (non-hydrogen) atoms. The van der Waals surface area contributed by atoms with Gasteiger partial charge in [0.1, 0.15) is 0 Å². The van der Waals surface area contributed by atoms with E-state index in [-0.39, 0.29) is 25.0 Å². The number of hydrogen-bond donors (Lipinski definition) is 3. The molecular weight excluding hydrogens is 160 g/mol. The van der Waals surface area contributed by atoms with Gasteiger partial charge < -0.3 is 10.4 Å². The second kappa shape index (κ2) is 5.54. The Morgan fingerprint density at radius 1 is 1.33 bits per heavy atom. The molecule has 5 heteroatoms. The first-order valence-electron chi connectivity index (χ1n) is 3.74. The molecule has 5 nitrogen and oxygen atoms in total. The summed E-state index contributed by atoms with van der Waals surface area (Å²) < 4.78 is 0. The Balaban J connectivity index is 3.38. The lowest BCUT2D eigenvalue weighted by molar-refractivity contribution is -0.136. The molecular formula is C7H14N2O3. The average Bonchev–Trinajstić information content (AvgIpc) is 1.84. The molecule has 0 aromatic heterocycles. The maximum Gasteiger partial charge on any atom is 0.317 e. The van der Waals surface area contributed by atoms with Gasteiger partial charge >= 0.3 is 5.97 Å². The predicted octanol–water partition coefficient (Wildman–Crippen LogP) is -0.815. The Kier molecular flexibility index (Phi) is 5.03. The molecule has 0 atom stereocenters. The van der Waals surface area contributed by atoms with Crippen molar-refractivity contribution in [3.05, 3.63) is 0 Å². The van der Waals surface area contributed by atoms with Gasteiger partial charge in [-0.25, -0.2) is 0 Å². The van der Waals surface area contributed by atoms with Crippen molar-refractivity contribution in [1.29, 1.82) is 0 Å². The molecule has 0 aliphatic carbocycles. The summed E-state index contributed by atoms with van der Waals surface area (Å²) in [5.41, 5.74) is 0. The van der Waals surface area contributed by atoms with Crippen LogP contribution in [-0.4, -0.2) is 36.1 Å². The van der Waals surface area contributed by atoms with Gasteiger partial charge in [-0.2, -0.15) is 0 Å². The molecule has 0 heterocycles.